The maximum atomic E-state index is 13.0. The van der Waals surface area contributed by atoms with Crippen LogP contribution in [0.5, 0.6) is 5.75 Å². The van der Waals surface area contributed by atoms with Gasteiger partial charge in [-0.3, -0.25) is 4.31 Å². The molecule has 2 aromatic carbocycles. The van der Waals surface area contributed by atoms with E-state index in [1.54, 1.807) is 42.7 Å². The van der Waals surface area contributed by atoms with Crippen molar-refractivity contribution < 1.29 is 13.2 Å². The lowest BCUT2D eigenvalue weighted by atomic mass is 10.2. The van der Waals surface area contributed by atoms with Crippen LogP contribution in [0.15, 0.2) is 65.8 Å². The number of nitrogens with zero attached hydrogens (tertiary/aromatic N) is 1. The lowest BCUT2D eigenvalue weighted by Crippen LogP contribution is -2.32. The molecule has 0 atom stereocenters. The van der Waals surface area contributed by atoms with Crippen LogP contribution in [0, 0.1) is 6.92 Å². The van der Waals surface area contributed by atoms with Crippen molar-refractivity contribution in [1.29, 1.82) is 0 Å². The summed E-state index contributed by atoms with van der Waals surface area (Å²) in [4.78, 5) is 0.289. The molecule has 114 valence electrons. The molecule has 4 nitrogen and oxygen atoms in total. The van der Waals surface area contributed by atoms with E-state index < -0.39 is 10.0 Å². The van der Waals surface area contributed by atoms with Gasteiger partial charge in [0, 0.05) is 6.54 Å². The Morgan fingerprint density at radius 3 is 2.55 bits per heavy atom. The van der Waals surface area contributed by atoms with Gasteiger partial charge in [0.15, 0.2) is 5.75 Å². The molecule has 0 unspecified atom stereocenters. The topological polar surface area (TPSA) is 46.6 Å². The first-order valence-electron chi connectivity index (χ1n) is 7.09. The fourth-order valence-corrected chi connectivity index (χ4v) is 3.84. The van der Waals surface area contributed by atoms with Crippen LogP contribution in [0.2, 0.25) is 0 Å². The third-order valence-corrected chi connectivity index (χ3v) is 5.36. The lowest BCUT2D eigenvalue weighted by molar-refractivity contribution is 0.475. The molecule has 0 saturated heterocycles. The number of aryl methyl sites for hydroxylation is 1. The van der Waals surface area contributed by atoms with Crippen LogP contribution in [0.4, 0.5) is 5.69 Å². The largest absolute Gasteiger partial charge is 0.463 e. The molecule has 1 aliphatic heterocycles. The van der Waals surface area contributed by atoms with Crippen molar-refractivity contribution in [1.82, 2.24) is 0 Å². The molecule has 0 fully saturated rings. The Morgan fingerprint density at radius 1 is 1.05 bits per heavy atom. The van der Waals surface area contributed by atoms with E-state index in [1.807, 2.05) is 25.1 Å². The van der Waals surface area contributed by atoms with Gasteiger partial charge in [0.05, 0.1) is 16.8 Å². The second-order valence-electron chi connectivity index (χ2n) is 5.14. The second-order valence-corrected chi connectivity index (χ2v) is 7.00. The molecule has 22 heavy (non-hydrogen) atoms. The minimum atomic E-state index is -3.61. The number of anilines is 1. The maximum absolute atomic E-state index is 13.0. The van der Waals surface area contributed by atoms with Crippen molar-refractivity contribution in [3.05, 3.63) is 66.4 Å². The zero-order chi connectivity index (χ0) is 15.6. The third-order valence-electron chi connectivity index (χ3n) is 3.53. The van der Waals surface area contributed by atoms with E-state index in [4.69, 9.17) is 4.74 Å². The number of hydrogen-bond donors (Lipinski definition) is 0. The summed E-state index contributed by atoms with van der Waals surface area (Å²) < 4.78 is 32.9. The first-order chi connectivity index (χ1) is 10.6. The highest BCUT2D eigenvalue weighted by Gasteiger charge is 2.27. The normalized spacial score (nSPS) is 16.1. The van der Waals surface area contributed by atoms with Gasteiger partial charge in [-0.2, -0.15) is 0 Å². The van der Waals surface area contributed by atoms with Gasteiger partial charge in [-0.1, -0.05) is 29.8 Å². The van der Waals surface area contributed by atoms with Gasteiger partial charge < -0.3 is 4.74 Å². The Kier molecular flexibility index (Phi) is 3.90. The van der Waals surface area contributed by atoms with Gasteiger partial charge in [0.1, 0.15) is 0 Å². The van der Waals surface area contributed by atoms with E-state index >= 15 is 0 Å². The third kappa shape index (κ3) is 2.72. The van der Waals surface area contributed by atoms with E-state index in [0.29, 0.717) is 24.4 Å². The molecule has 0 N–H and O–H groups in total. The molecule has 0 aromatic heterocycles. The predicted molar refractivity (Wildman–Crippen MR) is 86.5 cm³/mol. The summed E-state index contributed by atoms with van der Waals surface area (Å²) in [5.74, 6) is 0.536. The Hall–Kier alpha value is -2.27. The maximum Gasteiger partial charge on any atom is 0.264 e. The van der Waals surface area contributed by atoms with Crippen LogP contribution < -0.4 is 9.04 Å². The second kappa shape index (κ2) is 5.85. The van der Waals surface area contributed by atoms with Crippen molar-refractivity contribution in [2.24, 2.45) is 0 Å². The van der Waals surface area contributed by atoms with Crippen molar-refractivity contribution in [2.45, 2.75) is 18.2 Å². The van der Waals surface area contributed by atoms with Crippen LogP contribution in [0.3, 0.4) is 0 Å². The van der Waals surface area contributed by atoms with Gasteiger partial charge in [-0.15, -0.1) is 0 Å². The molecule has 0 saturated carbocycles. The molecule has 0 radical (unpaired) electrons. The van der Waals surface area contributed by atoms with E-state index in [9.17, 15) is 8.42 Å². The van der Waals surface area contributed by atoms with E-state index in [-0.39, 0.29) is 4.90 Å². The summed E-state index contributed by atoms with van der Waals surface area (Å²) in [6.07, 6.45) is 4.03. The molecular weight excluding hydrogens is 298 g/mol. The quantitative estimate of drug-likeness (QED) is 0.852. The first-order valence-corrected chi connectivity index (χ1v) is 8.53. The summed E-state index contributed by atoms with van der Waals surface area (Å²) in [7, 11) is -3.61. The molecular formula is C17H17NO3S. The molecule has 1 heterocycles. The highest BCUT2D eigenvalue weighted by molar-refractivity contribution is 7.92. The summed E-state index contributed by atoms with van der Waals surface area (Å²) in [6.45, 7) is 2.31. The first kappa shape index (κ1) is 14.7. The highest BCUT2D eigenvalue weighted by Crippen LogP contribution is 2.33. The minimum absolute atomic E-state index is 0.289. The standard InChI is InChI=1S/C17H17NO3S/c1-14-8-10-15(11-9-14)22(19,20)18-12-4-5-13-21-17-7-3-2-6-16(17)18/h2-3,5-11,13H,4,12H2,1H3/b13-5-. The Balaban J connectivity index is 2.09. The average molecular weight is 315 g/mol. The Morgan fingerprint density at radius 2 is 1.77 bits per heavy atom. The van der Waals surface area contributed by atoms with Crippen molar-refractivity contribution in [3.63, 3.8) is 0 Å². The zero-order valence-electron chi connectivity index (χ0n) is 12.3. The molecule has 1 aliphatic rings. The summed E-state index contributed by atoms with van der Waals surface area (Å²) >= 11 is 0. The molecule has 0 bridgehead atoms. The molecule has 0 aliphatic carbocycles. The van der Waals surface area contributed by atoms with Crippen molar-refractivity contribution in [2.75, 3.05) is 10.8 Å². The molecule has 0 amide bonds. The Bertz CT molecular complexity index is 795. The van der Waals surface area contributed by atoms with Crippen LogP contribution in [-0.2, 0) is 10.0 Å². The monoisotopic (exact) mass is 315 g/mol. The Labute approximate surface area is 130 Å². The van der Waals surface area contributed by atoms with Crippen LogP contribution in [-0.4, -0.2) is 15.0 Å². The number of hydrogen-bond acceptors (Lipinski definition) is 3. The molecule has 5 heteroatoms. The molecule has 2 aromatic rings. The van der Waals surface area contributed by atoms with Crippen LogP contribution in [0.25, 0.3) is 0 Å². The minimum Gasteiger partial charge on any atom is -0.463 e. The van der Waals surface area contributed by atoms with Crippen LogP contribution >= 0.6 is 0 Å². The summed E-state index contributed by atoms with van der Waals surface area (Å²) in [5.41, 5.74) is 1.59. The number of rotatable bonds is 2. The van der Waals surface area contributed by atoms with Gasteiger partial charge in [0.2, 0.25) is 0 Å². The highest BCUT2D eigenvalue weighted by atomic mass is 32.2. The molecule has 0 spiro atoms. The lowest BCUT2D eigenvalue weighted by Gasteiger charge is -2.26. The van der Waals surface area contributed by atoms with E-state index in [0.717, 1.165) is 5.56 Å². The SMILES string of the molecule is Cc1ccc(S(=O)(=O)N2CC/C=C\Oc3ccccc32)cc1. The summed E-state index contributed by atoms with van der Waals surface area (Å²) in [5, 5.41) is 0. The molecule has 3 rings (SSSR count). The fourth-order valence-electron chi connectivity index (χ4n) is 2.35. The van der Waals surface area contributed by atoms with Crippen LogP contribution in [0.1, 0.15) is 12.0 Å². The van der Waals surface area contributed by atoms with Gasteiger partial charge in [-0.25, -0.2) is 8.42 Å². The van der Waals surface area contributed by atoms with Gasteiger partial charge in [0.25, 0.3) is 10.0 Å². The van der Waals surface area contributed by atoms with Crippen molar-refractivity contribution >= 4 is 15.7 Å². The number of fused-ring (bicyclic) bond motifs is 1. The van der Waals surface area contributed by atoms with E-state index in [2.05, 4.69) is 0 Å². The average Bonchev–Trinajstić information content (AvgIpc) is 2.48. The van der Waals surface area contributed by atoms with Gasteiger partial charge >= 0.3 is 0 Å². The number of ether oxygens (including phenoxy) is 1. The summed E-state index contributed by atoms with van der Waals surface area (Å²) in [6, 6.07) is 14.1. The smallest absolute Gasteiger partial charge is 0.264 e. The number of sulfonamides is 1. The fraction of sp³-hybridized carbons (Fsp3) is 0.176. The van der Waals surface area contributed by atoms with E-state index in [1.165, 1.54) is 4.31 Å². The number of benzene rings is 2. The van der Waals surface area contributed by atoms with Crippen molar-refractivity contribution in [3.8, 4) is 5.75 Å². The van der Waals surface area contributed by atoms with Gasteiger partial charge in [-0.05, 0) is 43.7 Å². The number of para-hydroxylation sites is 2. The predicted octanol–water partition coefficient (Wildman–Crippen LogP) is 3.49. The zero-order valence-corrected chi connectivity index (χ0v) is 13.1.